The molecule has 2 heterocycles. The molecule has 2 aromatic heterocycles. The fourth-order valence-electron chi connectivity index (χ4n) is 1.45. The van der Waals surface area contributed by atoms with Gasteiger partial charge in [-0.1, -0.05) is 12.1 Å². The van der Waals surface area contributed by atoms with E-state index in [1.54, 1.807) is 12.5 Å². The van der Waals surface area contributed by atoms with Gasteiger partial charge in [0.05, 0.1) is 11.0 Å². The lowest BCUT2D eigenvalue weighted by Gasteiger charge is -1.91. The third-order valence-corrected chi connectivity index (χ3v) is 2.13. The molecule has 0 spiro atoms. The van der Waals surface area contributed by atoms with Gasteiger partial charge in [0.2, 0.25) is 5.95 Å². The molecular formula is C10H8N4. The van der Waals surface area contributed by atoms with E-state index >= 15 is 0 Å². The largest absolute Gasteiger partial charge is 0.323 e. The van der Waals surface area contributed by atoms with Crippen molar-refractivity contribution >= 4 is 11.0 Å². The Bertz CT molecular complexity index is 517. The van der Waals surface area contributed by atoms with E-state index in [4.69, 9.17) is 0 Å². The second kappa shape index (κ2) is 2.70. The van der Waals surface area contributed by atoms with Gasteiger partial charge < -0.3 is 4.98 Å². The summed E-state index contributed by atoms with van der Waals surface area (Å²) in [5.41, 5.74) is 2.01. The number of nitrogens with one attached hydrogen (secondary N) is 1. The van der Waals surface area contributed by atoms with Crippen molar-refractivity contribution in [1.29, 1.82) is 0 Å². The molecule has 0 amide bonds. The SMILES string of the molecule is c1ccc2[nH]c(-n3ccnc3)nc2c1. The fraction of sp³-hybridized carbons (Fsp3) is 0. The van der Waals surface area contributed by atoms with E-state index in [9.17, 15) is 0 Å². The van der Waals surface area contributed by atoms with Crippen molar-refractivity contribution in [3.05, 3.63) is 43.0 Å². The molecule has 3 rings (SSSR count). The number of fused-ring (bicyclic) bond motifs is 1. The maximum Gasteiger partial charge on any atom is 0.213 e. The Morgan fingerprint density at radius 2 is 2.14 bits per heavy atom. The first-order chi connectivity index (χ1) is 6.93. The van der Waals surface area contributed by atoms with Crippen LogP contribution in [0.5, 0.6) is 0 Å². The molecule has 0 aliphatic carbocycles. The molecule has 68 valence electrons. The average Bonchev–Trinajstić information content (AvgIpc) is 2.86. The Hall–Kier alpha value is -2.10. The smallest absolute Gasteiger partial charge is 0.213 e. The standard InChI is InChI=1S/C10H8N4/c1-2-4-9-8(3-1)12-10(13-9)14-6-5-11-7-14/h1-7H,(H,12,13). The topological polar surface area (TPSA) is 46.5 Å². The number of nitrogens with zero attached hydrogens (tertiary/aromatic N) is 3. The highest BCUT2D eigenvalue weighted by atomic mass is 15.2. The second-order valence-electron chi connectivity index (χ2n) is 3.05. The molecule has 3 aromatic rings. The van der Waals surface area contributed by atoms with E-state index < -0.39 is 0 Å². The summed E-state index contributed by atoms with van der Waals surface area (Å²) in [6, 6.07) is 7.94. The van der Waals surface area contributed by atoms with Gasteiger partial charge in [0.1, 0.15) is 6.33 Å². The quantitative estimate of drug-likeness (QED) is 0.626. The molecule has 0 aliphatic rings. The van der Waals surface area contributed by atoms with Crippen LogP contribution in [0.3, 0.4) is 0 Å². The number of H-pyrrole nitrogens is 1. The third kappa shape index (κ3) is 1.01. The molecule has 14 heavy (non-hydrogen) atoms. The highest BCUT2D eigenvalue weighted by molar-refractivity contribution is 5.75. The lowest BCUT2D eigenvalue weighted by molar-refractivity contribution is 0.967. The van der Waals surface area contributed by atoms with Gasteiger partial charge >= 0.3 is 0 Å². The van der Waals surface area contributed by atoms with E-state index in [0.29, 0.717) is 0 Å². The summed E-state index contributed by atoms with van der Waals surface area (Å²) >= 11 is 0. The van der Waals surface area contributed by atoms with Crippen molar-refractivity contribution in [3.8, 4) is 5.95 Å². The average molecular weight is 184 g/mol. The first kappa shape index (κ1) is 7.32. The molecular weight excluding hydrogens is 176 g/mol. The number of imidazole rings is 2. The zero-order valence-electron chi connectivity index (χ0n) is 7.38. The Balaban J connectivity index is 2.24. The summed E-state index contributed by atoms with van der Waals surface area (Å²) in [5, 5.41) is 0. The van der Waals surface area contributed by atoms with Crippen molar-refractivity contribution in [2.45, 2.75) is 0 Å². The molecule has 0 atom stereocenters. The summed E-state index contributed by atoms with van der Waals surface area (Å²) in [6.07, 6.45) is 5.31. The Morgan fingerprint density at radius 1 is 1.21 bits per heavy atom. The summed E-state index contributed by atoms with van der Waals surface area (Å²) in [4.78, 5) is 11.6. The number of rotatable bonds is 1. The van der Waals surface area contributed by atoms with Gasteiger partial charge in [-0.3, -0.25) is 4.57 Å². The minimum absolute atomic E-state index is 0.795. The maximum atomic E-state index is 4.42. The first-order valence-electron chi connectivity index (χ1n) is 4.36. The fourth-order valence-corrected chi connectivity index (χ4v) is 1.45. The first-order valence-corrected chi connectivity index (χ1v) is 4.36. The molecule has 0 radical (unpaired) electrons. The van der Waals surface area contributed by atoms with Crippen molar-refractivity contribution in [2.75, 3.05) is 0 Å². The second-order valence-corrected chi connectivity index (χ2v) is 3.05. The summed E-state index contributed by atoms with van der Waals surface area (Å²) in [5.74, 6) is 0.795. The zero-order valence-corrected chi connectivity index (χ0v) is 7.38. The van der Waals surface area contributed by atoms with Gasteiger partial charge in [-0.2, -0.15) is 0 Å². The van der Waals surface area contributed by atoms with Crippen LogP contribution in [0.25, 0.3) is 17.0 Å². The minimum atomic E-state index is 0.795. The monoisotopic (exact) mass is 184 g/mol. The van der Waals surface area contributed by atoms with Crippen LogP contribution in [-0.2, 0) is 0 Å². The normalized spacial score (nSPS) is 10.9. The van der Waals surface area contributed by atoms with Crippen molar-refractivity contribution in [2.24, 2.45) is 0 Å². The third-order valence-electron chi connectivity index (χ3n) is 2.13. The summed E-state index contributed by atoms with van der Waals surface area (Å²) in [7, 11) is 0. The zero-order chi connectivity index (χ0) is 9.38. The molecule has 1 aromatic carbocycles. The Labute approximate surface area is 80.2 Å². The summed E-state index contributed by atoms with van der Waals surface area (Å²) < 4.78 is 1.85. The number of hydrogen-bond acceptors (Lipinski definition) is 2. The molecule has 0 saturated carbocycles. The molecule has 0 aliphatic heterocycles. The van der Waals surface area contributed by atoms with Gasteiger partial charge in [0.25, 0.3) is 0 Å². The molecule has 4 heteroatoms. The number of hydrogen-bond donors (Lipinski definition) is 1. The highest BCUT2D eigenvalue weighted by Gasteiger charge is 2.01. The predicted octanol–water partition coefficient (Wildman–Crippen LogP) is 1.75. The number of benzene rings is 1. The summed E-state index contributed by atoms with van der Waals surface area (Å²) in [6.45, 7) is 0. The predicted molar refractivity (Wildman–Crippen MR) is 53.2 cm³/mol. The van der Waals surface area contributed by atoms with Crippen LogP contribution in [-0.4, -0.2) is 19.5 Å². The molecule has 0 fully saturated rings. The van der Waals surface area contributed by atoms with Crippen LogP contribution in [0.2, 0.25) is 0 Å². The van der Waals surface area contributed by atoms with Crippen LogP contribution >= 0.6 is 0 Å². The number of para-hydroxylation sites is 2. The Morgan fingerprint density at radius 3 is 2.93 bits per heavy atom. The minimum Gasteiger partial charge on any atom is -0.323 e. The molecule has 0 unspecified atom stereocenters. The van der Waals surface area contributed by atoms with E-state index in [0.717, 1.165) is 17.0 Å². The van der Waals surface area contributed by atoms with Crippen molar-refractivity contribution < 1.29 is 0 Å². The van der Waals surface area contributed by atoms with Gasteiger partial charge in [-0.25, -0.2) is 9.97 Å². The molecule has 1 N–H and O–H groups in total. The Kier molecular flexibility index (Phi) is 1.41. The van der Waals surface area contributed by atoms with Gasteiger partial charge in [0, 0.05) is 12.4 Å². The van der Waals surface area contributed by atoms with E-state index in [1.165, 1.54) is 0 Å². The number of aromatic nitrogens is 4. The lowest BCUT2D eigenvalue weighted by atomic mass is 10.3. The van der Waals surface area contributed by atoms with E-state index in [1.807, 2.05) is 35.0 Å². The van der Waals surface area contributed by atoms with Gasteiger partial charge in [-0.15, -0.1) is 0 Å². The molecule has 4 nitrogen and oxygen atoms in total. The van der Waals surface area contributed by atoms with Crippen molar-refractivity contribution in [1.82, 2.24) is 19.5 Å². The van der Waals surface area contributed by atoms with Crippen LogP contribution in [0.15, 0.2) is 43.0 Å². The van der Waals surface area contributed by atoms with Gasteiger partial charge in [-0.05, 0) is 12.1 Å². The van der Waals surface area contributed by atoms with E-state index in [2.05, 4.69) is 15.0 Å². The van der Waals surface area contributed by atoms with Crippen LogP contribution < -0.4 is 0 Å². The van der Waals surface area contributed by atoms with Crippen LogP contribution in [0, 0.1) is 0 Å². The van der Waals surface area contributed by atoms with Crippen LogP contribution in [0.4, 0.5) is 0 Å². The molecule has 0 bridgehead atoms. The van der Waals surface area contributed by atoms with Crippen molar-refractivity contribution in [3.63, 3.8) is 0 Å². The molecule has 0 saturated heterocycles. The maximum absolute atomic E-state index is 4.42. The van der Waals surface area contributed by atoms with E-state index in [-0.39, 0.29) is 0 Å². The van der Waals surface area contributed by atoms with Gasteiger partial charge in [0.15, 0.2) is 0 Å². The lowest BCUT2D eigenvalue weighted by Crippen LogP contribution is -1.91. The van der Waals surface area contributed by atoms with Crippen LogP contribution in [0.1, 0.15) is 0 Å². The number of aromatic amines is 1. The highest BCUT2D eigenvalue weighted by Crippen LogP contribution is 2.12.